The maximum absolute atomic E-state index is 13.1. The van der Waals surface area contributed by atoms with Gasteiger partial charge in [0.1, 0.15) is 5.82 Å². The highest BCUT2D eigenvalue weighted by Gasteiger charge is 2.35. The van der Waals surface area contributed by atoms with Gasteiger partial charge in [-0.1, -0.05) is 60.7 Å². The minimum absolute atomic E-state index is 0.0703. The van der Waals surface area contributed by atoms with E-state index in [4.69, 9.17) is 0 Å². The highest BCUT2D eigenvalue weighted by atomic mass is 16.2. The van der Waals surface area contributed by atoms with E-state index in [9.17, 15) is 14.4 Å². The van der Waals surface area contributed by atoms with Gasteiger partial charge < -0.3 is 15.5 Å². The summed E-state index contributed by atoms with van der Waals surface area (Å²) in [5, 5.41) is 5.59. The largest absolute Gasteiger partial charge is 0.355 e. The first kappa shape index (κ1) is 23.8. The molecule has 36 heavy (non-hydrogen) atoms. The fourth-order valence-corrected chi connectivity index (χ4v) is 5.13. The van der Waals surface area contributed by atoms with Crippen LogP contribution in [-0.2, 0) is 22.4 Å². The summed E-state index contributed by atoms with van der Waals surface area (Å²) < 4.78 is 0. The molecule has 2 aliphatic rings. The van der Waals surface area contributed by atoms with Crippen molar-refractivity contribution < 1.29 is 9.59 Å². The molecule has 0 spiro atoms. The number of nitrogens with zero attached hydrogens (tertiary/aromatic N) is 2. The summed E-state index contributed by atoms with van der Waals surface area (Å²) >= 11 is 0. The predicted molar refractivity (Wildman–Crippen MR) is 139 cm³/mol. The molecule has 1 atom stereocenters. The topological polar surface area (TPSA) is 107 Å². The number of aromatic nitrogens is 2. The van der Waals surface area contributed by atoms with Crippen LogP contribution in [0.1, 0.15) is 41.9 Å². The standard InChI is InChI=1S/C28H31N5O3/c34-23-18-22(26(35)29-14-11-19-7-3-1-4-8-19)24-25(30-23)31-28(32-27(24)36)33-15-12-21(13-16-33)17-20-9-5-2-6-10-20/h1-10,21-22H,11-18H2,(H,29,35)(H2,30,31,32,34,36)/t22-/m1/s1. The number of piperidine rings is 1. The van der Waals surface area contributed by atoms with E-state index < -0.39 is 5.92 Å². The van der Waals surface area contributed by atoms with Gasteiger partial charge in [-0.3, -0.25) is 19.4 Å². The molecule has 3 heterocycles. The van der Waals surface area contributed by atoms with Gasteiger partial charge >= 0.3 is 0 Å². The van der Waals surface area contributed by atoms with Crippen molar-refractivity contribution >= 4 is 23.6 Å². The highest BCUT2D eigenvalue weighted by Crippen LogP contribution is 2.30. The smallest absolute Gasteiger partial charge is 0.258 e. The van der Waals surface area contributed by atoms with Gasteiger partial charge in [-0.25, -0.2) is 0 Å². The summed E-state index contributed by atoms with van der Waals surface area (Å²) in [5.74, 6) is -0.273. The number of rotatable bonds is 7. The Morgan fingerprint density at radius 1 is 0.972 bits per heavy atom. The SMILES string of the molecule is O=C1C[C@@H](C(=O)NCCc2ccccc2)c2c(nc(N3CCC(Cc4ccccc4)CC3)[nH]c2=O)N1. The van der Waals surface area contributed by atoms with Crippen molar-refractivity contribution in [2.24, 2.45) is 5.92 Å². The summed E-state index contributed by atoms with van der Waals surface area (Å²) in [4.78, 5) is 47.9. The second kappa shape index (κ2) is 10.8. The van der Waals surface area contributed by atoms with Crippen LogP contribution in [-0.4, -0.2) is 41.4 Å². The number of hydrogen-bond donors (Lipinski definition) is 3. The molecule has 0 bridgehead atoms. The van der Waals surface area contributed by atoms with Crippen molar-refractivity contribution in [3.05, 3.63) is 87.7 Å². The third kappa shape index (κ3) is 5.48. The van der Waals surface area contributed by atoms with Crippen molar-refractivity contribution in [1.29, 1.82) is 0 Å². The first-order chi connectivity index (χ1) is 17.6. The van der Waals surface area contributed by atoms with E-state index in [-0.39, 0.29) is 35.2 Å². The van der Waals surface area contributed by atoms with Crippen molar-refractivity contribution in [1.82, 2.24) is 15.3 Å². The van der Waals surface area contributed by atoms with Gasteiger partial charge in [-0.05, 0) is 42.7 Å². The van der Waals surface area contributed by atoms with Crippen LogP contribution < -0.4 is 21.1 Å². The molecule has 2 aromatic carbocycles. The Morgan fingerprint density at radius 2 is 1.64 bits per heavy atom. The molecular formula is C28H31N5O3. The summed E-state index contributed by atoms with van der Waals surface area (Å²) in [6, 6.07) is 20.3. The van der Waals surface area contributed by atoms with E-state index in [1.54, 1.807) is 0 Å². The second-order valence-electron chi connectivity index (χ2n) is 9.60. The molecule has 2 amide bonds. The van der Waals surface area contributed by atoms with Crippen molar-refractivity contribution in [3.8, 4) is 0 Å². The third-order valence-corrected chi connectivity index (χ3v) is 7.09. The maximum atomic E-state index is 13.1. The molecule has 8 heteroatoms. The molecule has 186 valence electrons. The van der Waals surface area contributed by atoms with Crippen LogP contribution in [0.5, 0.6) is 0 Å². The molecule has 3 N–H and O–H groups in total. The Morgan fingerprint density at radius 3 is 2.33 bits per heavy atom. The summed E-state index contributed by atoms with van der Waals surface area (Å²) in [6.07, 6.45) is 3.63. The van der Waals surface area contributed by atoms with E-state index in [1.807, 2.05) is 36.4 Å². The average molecular weight is 486 g/mol. The lowest BCUT2D eigenvalue weighted by Crippen LogP contribution is -2.41. The van der Waals surface area contributed by atoms with Crippen LogP contribution in [0.15, 0.2) is 65.5 Å². The fraction of sp³-hybridized carbons (Fsp3) is 0.357. The maximum Gasteiger partial charge on any atom is 0.258 e. The number of hydrogen-bond acceptors (Lipinski definition) is 5. The average Bonchev–Trinajstić information content (AvgIpc) is 2.89. The number of carbonyl (C=O) groups is 2. The van der Waals surface area contributed by atoms with Crippen LogP contribution >= 0.6 is 0 Å². The normalized spacial score (nSPS) is 17.8. The predicted octanol–water partition coefficient (Wildman–Crippen LogP) is 3.01. The minimum atomic E-state index is -0.855. The zero-order valence-electron chi connectivity index (χ0n) is 20.2. The lowest BCUT2D eigenvalue weighted by atomic mass is 9.90. The Bertz CT molecular complexity index is 1270. The minimum Gasteiger partial charge on any atom is -0.355 e. The van der Waals surface area contributed by atoms with Crippen LogP contribution in [0.3, 0.4) is 0 Å². The first-order valence-corrected chi connectivity index (χ1v) is 12.6. The highest BCUT2D eigenvalue weighted by molar-refractivity contribution is 6.00. The number of anilines is 2. The molecule has 2 aliphatic heterocycles. The number of benzene rings is 2. The molecule has 0 unspecified atom stereocenters. The molecule has 1 aromatic heterocycles. The van der Waals surface area contributed by atoms with Gasteiger partial charge in [-0.2, -0.15) is 4.98 Å². The number of H-pyrrole nitrogens is 1. The lowest BCUT2D eigenvalue weighted by molar-refractivity contribution is -0.126. The van der Waals surface area contributed by atoms with Gasteiger partial charge in [0.15, 0.2) is 0 Å². The Labute approximate surface area is 210 Å². The quantitative estimate of drug-likeness (QED) is 0.477. The number of carbonyl (C=O) groups excluding carboxylic acids is 2. The lowest BCUT2D eigenvalue weighted by Gasteiger charge is -2.33. The Balaban J connectivity index is 1.25. The second-order valence-corrected chi connectivity index (χ2v) is 9.60. The van der Waals surface area contributed by atoms with Crippen molar-refractivity contribution in [2.45, 2.75) is 38.0 Å². The van der Waals surface area contributed by atoms with E-state index in [2.05, 4.69) is 49.8 Å². The van der Waals surface area contributed by atoms with Gasteiger partial charge in [0.2, 0.25) is 17.8 Å². The van der Waals surface area contributed by atoms with Crippen LogP contribution in [0.2, 0.25) is 0 Å². The number of amides is 2. The Hall–Kier alpha value is -3.94. The van der Waals surface area contributed by atoms with Crippen LogP contribution in [0, 0.1) is 5.92 Å². The van der Waals surface area contributed by atoms with E-state index in [0.717, 1.165) is 37.9 Å². The summed E-state index contributed by atoms with van der Waals surface area (Å²) in [5.41, 5.74) is 2.31. The molecule has 1 fully saturated rings. The number of nitrogens with one attached hydrogen (secondary N) is 3. The molecule has 5 rings (SSSR count). The van der Waals surface area contributed by atoms with Crippen molar-refractivity contribution in [2.75, 3.05) is 29.9 Å². The number of fused-ring (bicyclic) bond motifs is 1. The molecule has 8 nitrogen and oxygen atoms in total. The summed E-state index contributed by atoms with van der Waals surface area (Å²) in [7, 11) is 0. The zero-order valence-corrected chi connectivity index (χ0v) is 20.2. The van der Waals surface area contributed by atoms with E-state index in [1.165, 1.54) is 5.56 Å². The molecule has 1 saturated heterocycles. The fourth-order valence-electron chi connectivity index (χ4n) is 5.13. The van der Waals surface area contributed by atoms with Gasteiger partial charge in [0.05, 0.1) is 11.5 Å². The van der Waals surface area contributed by atoms with E-state index >= 15 is 0 Å². The monoisotopic (exact) mass is 485 g/mol. The summed E-state index contributed by atoms with van der Waals surface area (Å²) in [6.45, 7) is 1.98. The molecule has 3 aromatic rings. The van der Waals surface area contributed by atoms with Crippen LogP contribution in [0.25, 0.3) is 0 Å². The molecule has 0 saturated carbocycles. The van der Waals surface area contributed by atoms with Gasteiger partial charge in [0.25, 0.3) is 5.56 Å². The molecule has 0 radical (unpaired) electrons. The zero-order chi connectivity index (χ0) is 24.9. The number of aromatic amines is 1. The van der Waals surface area contributed by atoms with Crippen LogP contribution in [0.4, 0.5) is 11.8 Å². The van der Waals surface area contributed by atoms with Crippen molar-refractivity contribution in [3.63, 3.8) is 0 Å². The Kier molecular flexibility index (Phi) is 7.11. The van der Waals surface area contributed by atoms with Gasteiger partial charge in [-0.15, -0.1) is 0 Å². The molecule has 0 aliphatic carbocycles. The van der Waals surface area contributed by atoms with Gasteiger partial charge in [0, 0.05) is 26.1 Å². The third-order valence-electron chi connectivity index (χ3n) is 7.09. The first-order valence-electron chi connectivity index (χ1n) is 12.6. The van der Waals surface area contributed by atoms with E-state index in [0.29, 0.717) is 24.8 Å². The molecular weight excluding hydrogens is 454 g/mol.